The van der Waals surface area contributed by atoms with E-state index in [0.717, 1.165) is 23.4 Å². The van der Waals surface area contributed by atoms with E-state index in [-0.39, 0.29) is 16.8 Å². The highest BCUT2D eigenvalue weighted by atomic mass is 35.5. The van der Waals surface area contributed by atoms with E-state index in [0.29, 0.717) is 11.6 Å². The largest absolute Gasteiger partial charge is 0.416 e. The molecule has 2 nitrogen and oxygen atoms in total. The number of amides is 1. The van der Waals surface area contributed by atoms with Gasteiger partial charge in [-0.1, -0.05) is 23.7 Å². The first kappa shape index (κ1) is 17.2. The van der Waals surface area contributed by atoms with Crippen LogP contribution in [-0.2, 0) is 6.18 Å². The highest BCUT2D eigenvalue weighted by Crippen LogP contribution is 2.39. The van der Waals surface area contributed by atoms with Crippen molar-refractivity contribution < 1.29 is 18.0 Å². The third-order valence-electron chi connectivity index (χ3n) is 3.77. The van der Waals surface area contributed by atoms with Crippen LogP contribution in [0.1, 0.15) is 26.9 Å². The summed E-state index contributed by atoms with van der Waals surface area (Å²) in [6.07, 6.45) is -4.41. The summed E-state index contributed by atoms with van der Waals surface area (Å²) in [5.74, 6) is 0.508. The van der Waals surface area contributed by atoms with Crippen molar-refractivity contribution in [2.75, 3.05) is 12.3 Å². The standard InChI is InChI=1S/C17H13ClF3NOS/c18-14-7-3-12(4-8-14)16-22(9-10-24-16)15(23)11-1-5-13(6-2-11)17(19,20)21/h1-8,16H,9-10H2. The van der Waals surface area contributed by atoms with Crippen molar-refractivity contribution in [1.82, 2.24) is 4.90 Å². The lowest BCUT2D eigenvalue weighted by molar-refractivity contribution is -0.137. The summed E-state index contributed by atoms with van der Waals surface area (Å²) in [6.45, 7) is 0.553. The quantitative estimate of drug-likeness (QED) is 0.719. The topological polar surface area (TPSA) is 20.3 Å². The Morgan fingerprint density at radius 1 is 1.08 bits per heavy atom. The lowest BCUT2D eigenvalue weighted by atomic mass is 10.1. The van der Waals surface area contributed by atoms with Gasteiger partial charge in [0.05, 0.1) is 5.56 Å². The molecule has 0 saturated carbocycles. The molecular formula is C17H13ClF3NOS. The van der Waals surface area contributed by atoms with Gasteiger partial charge in [-0.25, -0.2) is 0 Å². The van der Waals surface area contributed by atoms with Crippen molar-refractivity contribution in [3.8, 4) is 0 Å². The van der Waals surface area contributed by atoms with Gasteiger partial charge in [-0.2, -0.15) is 13.2 Å². The van der Waals surface area contributed by atoms with Gasteiger partial charge >= 0.3 is 6.18 Å². The second-order valence-electron chi connectivity index (χ2n) is 5.35. The van der Waals surface area contributed by atoms with Crippen molar-refractivity contribution in [2.45, 2.75) is 11.6 Å². The fourth-order valence-corrected chi connectivity index (χ4v) is 3.93. The van der Waals surface area contributed by atoms with Gasteiger partial charge in [0, 0.05) is 22.9 Å². The van der Waals surface area contributed by atoms with E-state index in [1.807, 2.05) is 12.1 Å². The van der Waals surface area contributed by atoms with Crippen molar-refractivity contribution in [3.05, 3.63) is 70.2 Å². The molecule has 7 heteroatoms. The maximum Gasteiger partial charge on any atom is 0.416 e. The molecule has 1 atom stereocenters. The van der Waals surface area contributed by atoms with Crippen LogP contribution in [0.5, 0.6) is 0 Å². The van der Waals surface area contributed by atoms with E-state index in [4.69, 9.17) is 11.6 Å². The average Bonchev–Trinajstić information content (AvgIpc) is 3.04. The zero-order chi connectivity index (χ0) is 17.3. The van der Waals surface area contributed by atoms with Crippen LogP contribution in [0.2, 0.25) is 5.02 Å². The number of alkyl halides is 3. The Bertz CT molecular complexity index is 731. The number of hydrogen-bond acceptors (Lipinski definition) is 2. The van der Waals surface area contributed by atoms with Crippen LogP contribution in [0.25, 0.3) is 0 Å². The minimum absolute atomic E-state index is 0.156. The van der Waals surface area contributed by atoms with Gasteiger partial charge in [0.2, 0.25) is 0 Å². The van der Waals surface area contributed by atoms with Gasteiger partial charge in [-0.15, -0.1) is 11.8 Å². The summed E-state index contributed by atoms with van der Waals surface area (Å²) >= 11 is 7.51. The number of halogens is 4. The number of carbonyl (C=O) groups is 1. The van der Waals surface area contributed by atoms with Gasteiger partial charge in [0.15, 0.2) is 0 Å². The number of rotatable bonds is 2. The zero-order valence-corrected chi connectivity index (χ0v) is 14.0. The maximum atomic E-state index is 12.7. The van der Waals surface area contributed by atoms with Crippen LogP contribution in [0, 0.1) is 0 Å². The molecule has 0 spiro atoms. The van der Waals surface area contributed by atoms with Crippen LogP contribution in [0.4, 0.5) is 13.2 Å². The summed E-state index contributed by atoms with van der Waals surface area (Å²) < 4.78 is 37.9. The zero-order valence-electron chi connectivity index (χ0n) is 12.4. The molecule has 1 unspecified atom stereocenters. The molecule has 126 valence electrons. The Balaban J connectivity index is 1.82. The number of hydrogen-bond donors (Lipinski definition) is 0. The summed E-state index contributed by atoms with van der Waals surface area (Å²) in [7, 11) is 0. The van der Waals surface area contributed by atoms with Gasteiger partial charge < -0.3 is 4.90 Å². The lowest BCUT2D eigenvalue weighted by Crippen LogP contribution is -2.30. The summed E-state index contributed by atoms with van der Waals surface area (Å²) in [4.78, 5) is 14.3. The Morgan fingerprint density at radius 2 is 1.71 bits per heavy atom. The second-order valence-corrected chi connectivity index (χ2v) is 6.97. The molecule has 0 bridgehead atoms. The first-order valence-electron chi connectivity index (χ1n) is 7.21. The highest BCUT2D eigenvalue weighted by Gasteiger charge is 2.33. The molecular weight excluding hydrogens is 359 g/mol. The van der Waals surface area contributed by atoms with E-state index < -0.39 is 11.7 Å². The van der Waals surface area contributed by atoms with Crippen molar-refractivity contribution in [1.29, 1.82) is 0 Å². The smallest absolute Gasteiger partial charge is 0.322 e. The fourth-order valence-electron chi connectivity index (χ4n) is 2.55. The number of carbonyl (C=O) groups excluding carboxylic acids is 1. The molecule has 0 N–H and O–H groups in total. The van der Waals surface area contributed by atoms with Crippen LogP contribution in [0.15, 0.2) is 48.5 Å². The van der Waals surface area contributed by atoms with Crippen molar-refractivity contribution >= 4 is 29.3 Å². The van der Waals surface area contributed by atoms with E-state index in [9.17, 15) is 18.0 Å². The second kappa shape index (κ2) is 6.69. The maximum absolute atomic E-state index is 12.7. The minimum Gasteiger partial charge on any atom is -0.322 e. The molecule has 1 aliphatic heterocycles. The SMILES string of the molecule is O=C(c1ccc(C(F)(F)F)cc1)N1CCSC1c1ccc(Cl)cc1. The molecule has 3 rings (SSSR count). The molecule has 24 heavy (non-hydrogen) atoms. The van der Waals surface area contributed by atoms with E-state index in [1.54, 1.807) is 28.8 Å². The predicted molar refractivity (Wildman–Crippen MR) is 89.1 cm³/mol. The van der Waals surface area contributed by atoms with Crippen LogP contribution in [-0.4, -0.2) is 23.1 Å². The van der Waals surface area contributed by atoms with E-state index in [1.165, 1.54) is 12.1 Å². The molecule has 0 aromatic heterocycles. The molecule has 2 aromatic carbocycles. The molecule has 2 aromatic rings. The third kappa shape index (κ3) is 3.54. The first-order valence-corrected chi connectivity index (χ1v) is 8.64. The van der Waals surface area contributed by atoms with Crippen molar-refractivity contribution in [2.24, 2.45) is 0 Å². The molecule has 1 aliphatic rings. The molecule has 0 radical (unpaired) electrons. The van der Waals surface area contributed by atoms with Gasteiger partial charge in [0.1, 0.15) is 5.37 Å². The normalized spacial score (nSPS) is 18.0. The summed E-state index contributed by atoms with van der Waals surface area (Å²) in [6, 6.07) is 11.6. The summed E-state index contributed by atoms with van der Waals surface area (Å²) in [5, 5.41) is 0.458. The van der Waals surface area contributed by atoms with Crippen LogP contribution in [0.3, 0.4) is 0 Å². The Kier molecular flexibility index (Phi) is 4.78. The van der Waals surface area contributed by atoms with Crippen LogP contribution < -0.4 is 0 Å². The van der Waals surface area contributed by atoms with Gasteiger partial charge in [-0.3, -0.25) is 4.79 Å². The van der Waals surface area contributed by atoms with Crippen LogP contribution >= 0.6 is 23.4 Å². The third-order valence-corrected chi connectivity index (χ3v) is 5.28. The Hall–Kier alpha value is -1.66. The molecule has 1 saturated heterocycles. The Morgan fingerprint density at radius 3 is 2.29 bits per heavy atom. The monoisotopic (exact) mass is 371 g/mol. The van der Waals surface area contributed by atoms with Gasteiger partial charge in [0.25, 0.3) is 5.91 Å². The number of benzene rings is 2. The molecule has 1 heterocycles. The summed E-state index contributed by atoms with van der Waals surface area (Å²) in [5.41, 5.74) is 0.440. The molecule has 1 fully saturated rings. The average molecular weight is 372 g/mol. The molecule has 0 aliphatic carbocycles. The first-order chi connectivity index (χ1) is 11.4. The predicted octanol–water partition coefficient (Wildman–Crippen LogP) is 5.25. The van der Waals surface area contributed by atoms with E-state index in [2.05, 4.69) is 0 Å². The Labute approximate surface area is 146 Å². The number of nitrogens with zero attached hydrogens (tertiary/aromatic N) is 1. The number of thioether (sulfide) groups is 1. The highest BCUT2D eigenvalue weighted by molar-refractivity contribution is 7.99. The fraction of sp³-hybridized carbons (Fsp3) is 0.235. The molecule has 1 amide bonds. The van der Waals surface area contributed by atoms with Gasteiger partial charge in [-0.05, 0) is 42.0 Å². The van der Waals surface area contributed by atoms with E-state index >= 15 is 0 Å². The van der Waals surface area contributed by atoms with Crippen molar-refractivity contribution in [3.63, 3.8) is 0 Å². The lowest BCUT2D eigenvalue weighted by Gasteiger charge is -2.24. The minimum atomic E-state index is -4.41.